The van der Waals surface area contributed by atoms with Gasteiger partial charge in [0.2, 0.25) is 0 Å². The molecule has 0 aromatic heterocycles. The van der Waals surface area contributed by atoms with Crippen molar-refractivity contribution in [2.75, 3.05) is 19.7 Å². The highest BCUT2D eigenvalue weighted by atomic mass is 19.1. The van der Waals surface area contributed by atoms with Crippen molar-refractivity contribution >= 4 is 6.09 Å². The van der Waals surface area contributed by atoms with E-state index in [1.807, 2.05) is 42.5 Å². The van der Waals surface area contributed by atoms with E-state index < -0.39 is 6.09 Å². The number of piperidine rings is 1. The Morgan fingerprint density at radius 3 is 2.53 bits per heavy atom. The number of carbonyl (C=O) groups is 1. The minimum Gasteiger partial charge on any atom is -0.493 e. The summed E-state index contributed by atoms with van der Waals surface area (Å²) in [4.78, 5) is 12.8. The van der Waals surface area contributed by atoms with Gasteiger partial charge in [-0.2, -0.15) is 0 Å². The first-order valence-corrected chi connectivity index (χ1v) is 11.7. The van der Waals surface area contributed by atoms with Gasteiger partial charge in [0.25, 0.3) is 0 Å². The second kappa shape index (κ2) is 11.1. The number of ether oxygens (including phenoxy) is 2. The normalized spacial score (nSPS) is 15.7. The van der Waals surface area contributed by atoms with Gasteiger partial charge in [-0.25, -0.2) is 9.18 Å². The number of rotatable bonds is 8. The molecule has 1 unspecified atom stereocenters. The van der Waals surface area contributed by atoms with Crippen LogP contribution in [0.25, 0.3) is 11.1 Å². The molecule has 3 aromatic carbocycles. The van der Waals surface area contributed by atoms with Crippen LogP contribution in [0.4, 0.5) is 9.18 Å². The van der Waals surface area contributed by atoms with Gasteiger partial charge in [-0.15, -0.1) is 0 Å². The van der Waals surface area contributed by atoms with Gasteiger partial charge >= 0.3 is 6.09 Å². The zero-order chi connectivity index (χ0) is 23.9. The highest BCUT2D eigenvalue weighted by Gasteiger charge is 2.24. The first-order valence-electron chi connectivity index (χ1n) is 11.7. The fraction of sp³-hybridized carbons (Fsp3) is 0.321. The Balaban J connectivity index is 1.59. The Morgan fingerprint density at radius 1 is 1.06 bits per heavy atom. The van der Waals surface area contributed by atoms with Gasteiger partial charge in [-0.3, -0.25) is 0 Å². The molecule has 1 aliphatic heterocycles. The predicted molar refractivity (Wildman–Crippen MR) is 130 cm³/mol. The number of hydrogen-bond acceptors (Lipinski definition) is 3. The number of aryl methyl sites for hydroxylation is 1. The summed E-state index contributed by atoms with van der Waals surface area (Å²) in [5.41, 5.74) is 3.83. The molecule has 4 rings (SSSR count). The quantitative estimate of drug-likeness (QED) is 0.420. The van der Waals surface area contributed by atoms with Crippen LogP contribution in [0.2, 0.25) is 0 Å². The molecule has 1 fully saturated rings. The predicted octanol–water partition coefficient (Wildman–Crippen LogP) is 6.40. The van der Waals surface area contributed by atoms with Gasteiger partial charge in [0, 0.05) is 30.6 Å². The summed E-state index contributed by atoms with van der Waals surface area (Å²) in [7, 11) is 0. The number of halogens is 1. The number of benzene rings is 3. The molecule has 0 saturated carbocycles. The van der Waals surface area contributed by atoms with Crippen molar-refractivity contribution in [1.82, 2.24) is 4.90 Å². The molecule has 3 aromatic rings. The Morgan fingerprint density at radius 2 is 1.82 bits per heavy atom. The molecule has 34 heavy (non-hydrogen) atoms. The summed E-state index contributed by atoms with van der Waals surface area (Å²) in [5, 5.41) is 9.31. The van der Waals surface area contributed by atoms with Gasteiger partial charge in [-0.05, 0) is 54.2 Å². The van der Waals surface area contributed by atoms with E-state index in [2.05, 4.69) is 6.92 Å². The van der Waals surface area contributed by atoms with E-state index in [0.29, 0.717) is 32.1 Å². The summed E-state index contributed by atoms with van der Waals surface area (Å²) in [6, 6.07) is 20.3. The average Bonchev–Trinajstić information content (AvgIpc) is 2.87. The molecule has 1 heterocycles. The van der Waals surface area contributed by atoms with Crippen molar-refractivity contribution in [3.63, 3.8) is 0 Å². The van der Waals surface area contributed by atoms with E-state index in [4.69, 9.17) is 9.47 Å². The first kappa shape index (κ1) is 23.6. The monoisotopic (exact) mass is 463 g/mol. The third-order valence-corrected chi connectivity index (χ3v) is 6.20. The molecule has 1 N–H and O–H groups in total. The molecule has 178 valence electrons. The van der Waals surface area contributed by atoms with Gasteiger partial charge < -0.3 is 19.5 Å². The lowest BCUT2D eigenvalue weighted by atomic mass is 9.98. The Labute approximate surface area is 199 Å². The number of likely N-dealkylation sites (tertiary alicyclic amines) is 1. The van der Waals surface area contributed by atoms with E-state index in [9.17, 15) is 14.3 Å². The molecule has 0 bridgehead atoms. The largest absolute Gasteiger partial charge is 0.493 e. The van der Waals surface area contributed by atoms with Crippen molar-refractivity contribution in [1.29, 1.82) is 0 Å². The lowest BCUT2D eigenvalue weighted by molar-refractivity contribution is 0.104. The molecular formula is C28H30FNO4. The van der Waals surface area contributed by atoms with Crippen LogP contribution in [-0.4, -0.2) is 35.8 Å². The van der Waals surface area contributed by atoms with Crippen LogP contribution in [0.1, 0.15) is 30.9 Å². The van der Waals surface area contributed by atoms with Gasteiger partial charge in [0.05, 0.1) is 6.61 Å². The summed E-state index contributed by atoms with van der Waals surface area (Å²) >= 11 is 0. The summed E-state index contributed by atoms with van der Waals surface area (Å²) < 4.78 is 26.0. The van der Waals surface area contributed by atoms with E-state index in [1.165, 1.54) is 17.0 Å². The molecule has 6 heteroatoms. The SMILES string of the molecule is CCc1cc(-c2ccc(F)cc2)c(OCc2ccccc2)cc1OCC1CCCN(C(=O)O)C1. The van der Waals surface area contributed by atoms with E-state index in [-0.39, 0.29) is 11.7 Å². The van der Waals surface area contributed by atoms with Crippen LogP contribution in [0.3, 0.4) is 0 Å². The molecule has 1 atom stereocenters. The topological polar surface area (TPSA) is 59.0 Å². The van der Waals surface area contributed by atoms with E-state index in [1.54, 1.807) is 12.1 Å². The molecule has 1 amide bonds. The van der Waals surface area contributed by atoms with Crippen molar-refractivity contribution in [3.05, 3.63) is 83.7 Å². The van der Waals surface area contributed by atoms with Crippen LogP contribution in [-0.2, 0) is 13.0 Å². The van der Waals surface area contributed by atoms with E-state index in [0.717, 1.165) is 47.3 Å². The number of hydrogen-bond donors (Lipinski definition) is 1. The third-order valence-electron chi connectivity index (χ3n) is 6.20. The Kier molecular flexibility index (Phi) is 7.68. The zero-order valence-corrected chi connectivity index (χ0v) is 19.4. The fourth-order valence-corrected chi connectivity index (χ4v) is 4.31. The minimum absolute atomic E-state index is 0.153. The van der Waals surface area contributed by atoms with Gasteiger partial charge in [0.1, 0.15) is 23.9 Å². The van der Waals surface area contributed by atoms with Crippen LogP contribution >= 0.6 is 0 Å². The maximum atomic E-state index is 13.5. The maximum Gasteiger partial charge on any atom is 0.407 e. The van der Waals surface area contributed by atoms with Crippen LogP contribution < -0.4 is 9.47 Å². The summed E-state index contributed by atoms with van der Waals surface area (Å²) in [6.07, 6.45) is 1.67. The van der Waals surface area contributed by atoms with Crippen LogP contribution in [0.5, 0.6) is 11.5 Å². The Bertz CT molecular complexity index is 1100. The van der Waals surface area contributed by atoms with E-state index >= 15 is 0 Å². The second-order valence-electron chi connectivity index (χ2n) is 8.64. The summed E-state index contributed by atoms with van der Waals surface area (Å²) in [5.74, 6) is 1.27. The number of amides is 1. The molecule has 1 saturated heterocycles. The maximum absolute atomic E-state index is 13.5. The molecular weight excluding hydrogens is 433 g/mol. The standard InChI is InChI=1S/C28H30FNO4/c1-2-22-15-25(23-10-12-24(29)13-11-23)27(34-18-20-7-4-3-5-8-20)16-26(22)33-19-21-9-6-14-30(17-21)28(31)32/h3-5,7-8,10-13,15-16,21H,2,6,9,14,17-19H2,1H3,(H,31,32). The Hall–Kier alpha value is -3.54. The molecule has 0 spiro atoms. The highest BCUT2D eigenvalue weighted by molar-refractivity contribution is 5.73. The van der Waals surface area contributed by atoms with Crippen molar-refractivity contribution in [2.45, 2.75) is 32.8 Å². The average molecular weight is 464 g/mol. The number of carboxylic acid groups (broad SMARTS) is 1. The molecule has 5 nitrogen and oxygen atoms in total. The third kappa shape index (κ3) is 5.87. The smallest absolute Gasteiger partial charge is 0.407 e. The molecule has 0 aliphatic carbocycles. The van der Waals surface area contributed by atoms with Crippen LogP contribution in [0, 0.1) is 11.7 Å². The second-order valence-corrected chi connectivity index (χ2v) is 8.64. The number of nitrogens with zero attached hydrogens (tertiary/aromatic N) is 1. The van der Waals surface area contributed by atoms with Crippen LogP contribution in [0.15, 0.2) is 66.7 Å². The van der Waals surface area contributed by atoms with Crippen molar-refractivity contribution in [2.24, 2.45) is 5.92 Å². The van der Waals surface area contributed by atoms with Gasteiger partial charge in [0.15, 0.2) is 0 Å². The van der Waals surface area contributed by atoms with Crippen molar-refractivity contribution in [3.8, 4) is 22.6 Å². The first-order chi connectivity index (χ1) is 16.5. The lowest BCUT2D eigenvalue weighted by Crippen LogP contribution is -2.40. The van der Waals surface area contributed by atoms with Gasteiger partial charge in [-0.1, -0.05) is 49.4 Å². The van der Waals surface area contributed by atoms with Crippen molar-refractivity contribution < 1.29 is 23.8 Å². The fourth-order valence-electron chi connectivity index (χ4n) is 4.31. The summed E-state index contributed by atoms with van der Waals surface area (Å²) in [6.45, 7) is 3.98. The highest BCUT2D eigenvalue weighted by Crippen LogP contribution is 2.37. The zero-order valence-electron chi connectivity index (χ0n) is 19.4. The minimum atomic E-state index is -0.876. The molecule has 0 radical (unpaired) electrons. The lowest BCUT2D eigenvalue weighted by Gasteiger charge is -2.30. The molecule has 1 aliphatic rings.